The van der Waals surface area contributed by atoms with Crippen LogP contribution in [0.25, 0.3) is 0 Å². The summed E-state index contributed by atoms with van der Waals surface area (Å²) >= 11 is 0. The second-order valence-corrected chi connectivity index (χ2v) is 3.64. The van der Waals surface area contributed by atoms with Crippen molar-refractivity contribution >= 4 is 0 Å². The summed E-state index contributed by atoms with van der Waals surface area (Å²) in [5.74, 6) is 0.922. The van der Waals surface area contributed by atoms with Crippen molar-refractivity contribution in [3.63, 3.8) is 0 Å². The molecule has 1 aromatic rings. The highest BCUT2D eigenvalue weighted by Crippen LogP contribution is 2.23. The third kappa shape index (κ3) is 2.74. The van der Waals surface area contributed by atoms with E-state index in [9.17, 15) is 5.11 Å². The Morgan fingerprint density at radius 1 is 1.43 bits per heavy atom. The number of hydrogen-bond acceptors (Lipinski definition) is 2. The van der Waals surface area contributed by atoms with Gasteiger partial charge >= 0.3 is 0 Å². The number of ether oxygens (including phenoxy) is 1. The molecule has 0 aromatic heterocycles. The van der Waals surface area contributed by atoms with Crippen molar-refractivity contribution in [3.8, 4) is 5.75 Å². The molecule has 0 aliphatic heterocycles. The highest BCUT2D eigenvalue weighted by atomic mass is 16.5. The van der Waals surface area contributed by atoms with E-state index in [1.54, 1.807) is 7.11 Å². The Balaban J connectivity index is 2.82. The van der Waals surface area contributed by atoms with Crippen LogP contribution in [0.15, 0.2) is 18.2 Å². The smallest absolute Gasteiger partial charge is 0.122 e. The molecular weight excluding hydrogens is 176 g/mol. The van der Waals surface area contributed by atoms with Crippen molar-refractivity contribution in [3.05, 3.63) is 29.3 Å². The molecule has 0 spiro atoms. The third-order valence-corrected chi connectivity index (χ3v) is 2.40. The van der Waals surface area contributed by atoms with Crippen LogP contribution in [0.3, 0.4) is 0 Å². The second-order valence-electron chi connectivity index (χ2n) is 3.64. The highest BCUT2D eigenvalue weighted by Gasteiger charge is 2.06. The van der Waals surface area contributed by atoms with Gasteiger partial charge < -0.3 is 9.84 Å². The molecule has 0 aliphatic carbocycles. The maximum absolute atomic E-state index is 9.23. The molecule has 0 aliphatic rings. The summed E-state index contributed by atoms with van der Waals surface area (Å²) in [7, 11) is 1.68. The maximum Gasteiger partial charge on any atom is 0.122 e. The molecule has 1 rings (SSSR count). The largest absolute Gasteiger partial charge is 0.496 e. The van der Waals surface area contributed by atoms with Crippen LogP contribution in [0.2, 0.25) is 0 Å². The molecule has 14 heavy (non-hydrogen) atoms. The number of hydrogen-bond donors (Lipinski definition) is 1. The summed E-state index contributed by atoms with van der Waals surface area (Å²) in [6.45, 7) is 3.88. The van der Waals surface area contributed by atoms with Gasteiger partial charge in [-0.25, -0.2) is 0 Å². The minimum atomic E-state index is -0.251. The van der Waals surface area contributed by atoms with E-state index >= 15 is 0 Å². The van der Waals surface area contributed by atoms with Gasteiger partial charge in [0, 0.05) is 0 Å². The monoisotopic (exact) mass is 194 g/mol. The van der Waals surface area contributed by atoms with Crippen molar-refractivity contribution in [1.82, 2.24) is 0 Å². The SMILES string of the molecule is COc1cccc(C)c1CCC(C)O. The fourth-order valence-electron chi connectivity index (χ4n) is 1.54. The van der Waals surface area contributed by atoms with E-state index < -0.39 is 0 Å². The van der Waals surface area contributed by atoms with Gasteiger partial charge in [0.2, 0.25) is 0 Å². The Morgan fingerprint density at radius 3 is 2.71 bits per heavy atom. The lowest BCUT2D eigenvalue weighted by atomic mass is 10.0. The number of aryl methyl sites for hydroxylation is 1. The first-order valence-electron chi connectivity index (χ1n) is 4.95. The van der Waals surface area contributed by atoms with Gasteiger partial charge in [-0.15, -0.1) is 0 Å². The fraction of sp³-hybridized carbons (Fsp3) is 0.500. The zero-order chi connectivity index (χ0) is 10.6. The molecule has 78 valence electrons. The summed E-state index contributed by atoms with van der Waals surface area (Å²) < 4.78 is 5.28. The van der Waals surface area contributed by atoms with Crippen molar-refractivity contribution in [2.75, 3.05) is 7.11 Å². The van der Waals surface area contributed by atoms with Crippen molar-refractivity contribution in [2.24, 2.45) is 0 Å². The molecule has 1 aromatic carbocycles. The normalized spacial score (nSPS) is 12.6. The molecule has 1 atom stereocenters. The van der Waals surface area contributed by atoms with Crippen LogP contribution in [0, 0.1) is 6.92 Å². The van der Waals surface area contributed by atoms with E-state index in [1.807, 2.05) is 19.1 Å². The van der Waals surface area contributed by atoms with Gasteiger partial charge in [-0.05, 0) is 43.9 Å². The molecule has 2 nitrogen and oxygen atoms in total. The van der Waals surface area contributed by atoms with E-state index in [4.69, 9.17) is 4.74 Å². The quantitative estimate of drug-likeness (QED) is 0.797. The number of aliphatic hydroxyl groups is 1. The second kappa shape index (κ2) is 5.01. The molecule has 0 fully saturated rings. The molecule has 1 N–H and O–H groups in total. The van der Waals surface area contributed by atoms with Crippen molar-refractivity contribution in [1.29, 1.82) is 0 Å². The van der Waals surface area contributed by atoms with E-state index in [-0.39, 0.29) is 6.10 Å². The number of rotatable bonds is 4. The topological polar surface area (TPSA) is 29.5 Å². The first-order valence-corrected chi connectivity index (χ1v) is 4.95. The molecule has 0 amide bonds. The minimum absolute atomic E-state index is 0.251. The van der Waals surface area contributed by atoms with Crippen LogP contribution in [0.4, 0.5) is 0 Å². The maximum atomic E-state index is 9.23. The van der Waals surface area contributed by atoms with E-state index in [0.717, 1.165) is 18.6 Å². The lowest BCUT2D eigenvalue weighted by Crippen LogP contribution is -2.03. The molecule has 1 unspecified atom stereocenters. The summed E-state index contributed by atoms with van der Waals surface area (Å²) in [4.78, 5) is 0. The van der Waals surface area contributed by atoms with Gasteiger partial charge in [0.25, 0.3) is 0 Å². The van der Waals surface area contributed by atoms with Crippen LogP contribution in [0.1, 0.15) is 24.5 Å². The van der Waals surface area contributed by atoms with Crippen molar-refractivity contribution < 1.29 is 9.84 Å². The summed E-state index contributed by atoms with van der Waals surface area (Å²) in [6.07, 6.45) is 1.40. The number of benzene rings is 1. The third-order valence-electron chi connectivity index (χ3n) is 2.40. The first kappa shape index (κ1) is 11.1. The van der Waals surface area contributed by atoms with Gasteiger partial charge in [0.15, 0.2) is 0 Å². The van der Waals surface area contributed by atoms with E-state index in [0.29, 0.717) is 0 Å². The average Bonchev–Trinajstić information content (AvgIpc) is 2.15. The fourth-order valence-corrected chi connectivity index (χ4v) is 1.54. The Bertz CT molecular complexity index is 292. The molecule has 0 heterocycles. The van der Waals surface area contributed by atoms with Crippen LogP contribution in [-0.4, -0.2) is 18.3 Å². The van der Waals surface area contributed by atoms with Gasteiger partial charge in [-0.1, -0.05) is 12.1 Å². The Hall–Kier alpha value is -1.02. The van der Waals surface area contributed by atoms with Gasteiger partial charge in [0.05, 0.1) is 13.2 Å². The molecule has 0 saturated carbocycles. The van der Waals surface area contributed by atoms with E-state index in [2.05, 4.69) is 13.0 Å². The predicted octanol–water partition coefficient (Wildman–Crippen LogP) is 2.32. The van der Waals surface area contributed by atoms with Crippen LogP contribution < -0.4 is 4.74 Å². The van der Waals surface area contributed by atoms with Crippen LogP contribution >= 0.6 is 0 Å². The molecule has 0 radical (unpaired) electrons. The van der Waals surface area contributed by atoms with Gasteiger partial charge in [-0.3, -0.25) is 0 Å². The van der Waals surface area contributed by atoms with Gasteiger partial charge in [-0.2, -0.15) is 0 Å². The number of methoxy groups -OCH3 is 1. The van der Waals surface area contributed by atoms with E-state index in [1.165, 1.54) is 11.1 Å². The molecule has 0 bridgehead atoms. The summed E-state index contributed by atoms with van der Waals surface area (Å²) in [6, 6.07) is 6.02. The van der Waals surface area contributed by atoms with Gasteiger partial charge in [0.1, 0.15) is 5.75 Å². The molecular formula is C12H18O2. The Labute approximate surface area is 85.5 Å². The zero-order valence-electron chi connectivity index (χ0n) is 9.08. The first-order chi connectivity index (χ1) is 6.65. The number of aliphatic hydroxyl groups excluding tert-OH is 1. The molecule has 2 heteroatoms. The standard InChI is InChI=1S/C12H18O2/c1-9-5-4-6-12(14-3)11(9)8-7-10(2)13/h4-6,10,13H,7-8H2,1-3H3. The Kier molecular flexibility index (Phi) is 3.96. The lowest BCUT2D eigenvalue weighted by molar-refractivity contribution is 0.184. The minimum Gasteiger partial charge on any atom is -0.496 e. The zero-order valence-corrected chi connectivity index (χ0v) is 9.08. The molecule has 0 saturated heterocycles. The summed E-state index contributed by atoms with van der Waals surface area (Å²) in [5, 5.41) is 9.23. The lowest BCUT2D eigenvalue weighted by Gasteiger charge is -2.12. The average molecular weight is 194 g/mol. The van der Waals surface area contributed by atoms with Crippen LogP contribution in [-0.2, 0) is 6.42 Å². The summed E-state index contributed by atoms with van der Waals surface area (Å²) in [5.41, 5.74) is 2.43. The van der Waals surface area contributed by atoms with Crippen LogP contribution in [0.5, 0.6) is 5.75 Å². The highest BCUT2D eigenvalue weighted by molar-refractivity contribution is 5.39. The predicted molar refractivity (Wildman–Crippen MR) is 57.7 cm³/mol. The Morgan fingerprint density at radius 2 is 2.14 bits per heavy atom. The van der Waals surface area contributed by atoms with Crippen molar-refractivity contribution in [2.45, 2.75) is 32.8 Å².